The van der Waals surface area contributed by atoms with Gasteiger partial charge in [0.2, 0.25) is 0 Å². The molecule has 0 bridgehead atoms. The SMILES string of the molecule is NC(=O)Nc1cccc(C(=O)N2CCC(Cc3ccccc3)C2)c1. The van der Waals surface area contributed by atoms with Crippen LogP contribution in [0.25, 0.3) is 0 Å². The Bertz CT molecular complexity index is 730. The molecule has 1 aliphatic rings. The lowest BCUT2D eigenvalue weighted by Gasteiger charge is -2.17. The van der Waals surface area contributed by atoms with Crippen molar-refractivity contribution in [2.75, 3.05) is 18.4 Å². The molecule has 5 heteroatoms. The predicted octanol–water partition coefficient (Wildman–Crippen LogP) is 2.88. The van der Waals surface area contributed by atoms with Crippen molar-refractivity contribution in [1.82, 2.24) is 4.90 Å². The number of hydrogen-bond acceptors (Lipinski definition) is 2. The molecule has 1 fully saturated rings. The number of anilines is 1. The van der Waals surface area contributed by atoms with Crippen molar-refractivity contribution in [2.45, 2.75) is 12.8 Å². The molecule has 0 aliphatic carbocycles. The van der Waals surface area contributed by atoms with E-state index in [4.69, 9.17) is 5.73 Å². The Hall–Kier alpha value is -2.82. The average molecular weight is 323 g/mol. The van der Waals surface area contributed by atoms with E-state index in [9.17, 15) is 9.59 Å². The van der Waals surface area contributed by atoms with Gasteiger partial charge in [0.15, 0.2) is 0 Å². The first-order valence-corrected chi connectivity index (χ1v) is 8.11. The molecule has 0 radical (unpaired) electrons. The first-order chi connectivity index (χ1) is 11.6. The third-order valence-corrected chi connectivity index (χ3v) is 4.32. The monoisotopic (exact) mass is 323 g/mol. The minimum Gasteiger partial charge on any atom is -0.351 e. The quantitative estimate of drug-likeness (QED) is 0.908. The van der Waals surface area contributed by atoms with E-state index in [0.717, 1.165) is 25.9 Å². The third-order valence-electron chi connectivity index (χ3n) is 4.32. The van der Waals surface area contributed by atoms with Crippen LogP contribution in [0.4, 0.5) is 10.5 Å². The largest absolute Gasteiger partial charge is 0.351 e. The number of primary amides is 1. The second kappa shape index (κ2) is 7.17. The van der Waals surface area contributed by atoms with Gasteiger partial charge in [0.05, 0.1) is 0 Å². The summed E-state index contributed by atoms with van der Waals surface area (Å²) in [6, 6.07) is 16.6. The minimum absolute atomic E-state index is 0.00122. The Morgan fingerprint density at radius 3 is 2.67 bits per heavy atom. The Morgan fingerprint density at radius 2 is 1.92 bits per heavy atom. The summed E-state index contributed by atoms with van der Waals surface area (Å²) in [6.07, 6.45) is 2.01. The number of hydrogen-bond donors (Lipinski definition) is 2. The zero-order valence-corrected chi connectivity index (χ0v) is 13.4. The van der Waals surface area contributed by atoms with E-state index >= 15 is 0 Å². The highest BCUT2D eigenvalue weighted by Gasteiger charge is 2.27. The number of carbonyl (C=O) groups excluding carboxylic acids is 2. The van der Waals surface area contributed by atoms with Crippen LogP contribution in [0.15, 0.2) is 54.6 Å². The molecule has 1 aliphatic heterocycles. The number of likely N-dealkylation sites (tertiary alicyclic amines) is 1. The molecule has 3 N–H and O–H groups in total. The first kappa shape index (κ1) is 16.1. The van der Waals surface area contributed by atoms with Crippen molar-refractivity contribution < 1.29 is 9.59 Å². The average Bonchev–Trinajstić information content (AvgIpc) is 3.03. The van der Waals surface area contributed by atoms with Gasteiger partial charge in [0.25, 0.3) is 5.91 Å². The Kier molecular flexibility index (Phi) is 4.79. The second-order valence-electron chi connectivity index (χ2n) is 6.17. The number of urea groups is 1. The lowest BCUT2D eigenvalue weighted by molar-refractivity contribution is 0.0787. The van der Waals surface area contributed by atoms with Crippen LogP contribution in [0.5, 0.6) is 0 Å². The molecule has 1 atom stereocenters. The predicted molar refractivity (Wildman–Crippen MR) is 93.8 cm³/mol. The minimum atomic E-state index is -0.635. The highest BCUT2D eigenvalue weighted by molar-refractivity contribution is 5.96. The summed E-state index contributed by atoms with van der Waals surface area (Å²) in [4.78, 5) is 25.5. The molecule has 3 amide bonds. The topological polar surface area (TPSA) is 75.4 Å². The summed E-state index contributed by atoms with van der Waals surface area (Å²) >= 11 is 0. The van der Waals surface area contributed by atoms with Gasteiger partial charge in [-0.2, -0.15) is 0 Å². The number of nitrogens with one attached hydrogen (secondary N) is 1. The smallest absolute Gasteiger partial charge is 0.316 e. The zero-order chi connectivity index (χ0) is 16.9. The maximum Gasteiger partial charge on any atom is 0.316 e. The molecule has 2 aromatic rings. The summed E-state index contributed by atoms with van der Waals surface area (Å²) < 4.78 is 0. The van der Waals surface area contributed by atoms with E-state index in [1.54, 1.807) is 24.3 Å². The summed E-state index contributed by atoms with van der Waals surface area (Å²) in [6.45, 7) is 1.53. The van der Waals surface area contributed by atoms with Crippen LogP contribution in [0.3, 0.4) is 0 Å². The maximum atomic E-state index is 12.7. The van der Waals surface area contributed by atoms with Gasteiger partial charge in [-0.1, -0.05) is 36.4 Å². The molecule has 0 spiro atoms. The van der Waals surface area contributed by atoms with E-state index < -0.39 is 6.03 Å². The van der Waals surface area contributed by atoms with Crippen LogP contribution >= 0.6 is 0 Å². The Morgan fingerprint density at radius 1 is 1.12 bits per heavy atom. The van der Waals surface area contributed by atoms with Crippen molar-refractivity contribution >= 4 is 17.6 Å². The number of rotatable bonds is 4. The van der Waals surface area contributed by atoms with Crippen molar-refractivity contribution in [1.29, 1.82) is 0 Å². The summed E-state index contributed by atoms with van der Waals surface area (Å²) in [5, 5.41) is 2.50. The van der Waals surface area contributed by atoms with E-state index in [-0.39, 0.29) is 5.91 Å². The lowest BCUT2D eigenvalue weighted by Crippen LogP contribution is -2.29. The Balaban J connectivity index is 1.63. The van der Waals surface area contributed by atoms with Gasteiger partial charge >= 0.3 is 6.03 Å². The summed E-state index contributed by atoms with van der Waals surface area (Å²) in [5.74, 6) is 0.488. The molecule has 2 aromatic carbocycles. The fourth-order valence-corrected chi connectivity index (χ4v) is 3.19. The number of nitrogens with two attached hydrogens (primary N) is 1. The van der Waals surface area contributed by atoms with E-state index in [2.05, 4.69) is 17.4 Å². The van der Waals surface area contributed by atoms with Crippen LogP contribution in [0.2, 0.25) is 0 Å². The van der Waals surface area contributed by atoms with Crippen LogP contribution in [0.1, 0.15) is 22.3 Å². The van der Waals surface area contributed by atoms with Gasteiger partial charge < -0.3 is 16.0 Å². The van der Waals surface area contributed by atoms with Gasteiger partial charge in [0, 0.05) is 24.3 Å². The van der Waals surface area contributed by atoms with E-state index in [1.807, 2.05) is 23.1 Å². The van der Waals surface area contributed by atoms with Crippen LogP contribution in [0, 0.1) is 5.92 Å². The van der Waals surface area contributed by atoms with Gasteiger partial charge in [-0.25, -0.2) is 4.79 Å². The molecule has 124 valence electrons. The van der Waals surface area contributed by atoms with Gasteiger partial charge in [-0.05, 0) is 42.5 Å². The van der Waals surface area contributed by atoms with Gasteiger partial charge in [-0.3, -0.25) is 4.79 Å². The molecule has 0 saturated carbocycles. The fraction of sp³-hybridized carbons (Fsp3) is 0.263. The maximum absolute atomic E-state index is 12.7. The fourth-order valence-electron chi connectivity index (χ4n) is 3.19. The van der Waals surface area contributed by atoms with Crippen molar-refractivity contribution in [2.24, 2.45) is 11.7 Å². The van der Waals surface area contributed by atoms with Crippen molar-refractivity contribution in [3.8, 4) is 0 Å². The standard InChI is InChI=1S/C19H21N3O2/c20-19(24)21-17-8-4-7-16(12-17)18(23)22-10-9-15(13-22)11-14-5-2-1-3-6-14/h1-8,12,15H,9-11,13H2,(H3,20,21,24). The molecule has 1 saturated heterocycles. The molecule has 3 rings (SSSR count). The number of nitrogens with zero attached hydrogens (tertiary/aromatic N) is 1. The number of amides is 3. The molecular weight excluding hydrogens is 302 g/mol. The zero-order valence-electron chi connectivity index (χ0n) is 13.4. The third kappa shape index (κ3) is 3.93. The summed E-state index contributed by atoms with van der Waals surface area (Å²) in [7, 11) is 0. The number of benzene rings is 2. The Labute approximate surface area is 141 Å². The van der Waals surface area contributed by atoms with Crippen molar-refractivity contribution in [3.05, 3.63) is 65.7 Å². The molecule has 1 unspecified atom stereocenters. The molecular formula is C19H21N3O2. The highest BCUT2D eigenvalue weighted by Crippen LogP contribution is 2.23. The molecule has 24 heavy (non-hydrogen) atoms. The van der Waals surface area contributed by atoms with Gasteiger partial charge in [-0.15, -0.1) is 0 Å². The van der Waals surface area contributed by atoms with Crippen LogP contribution in [-0.2, 0) is 6.42 Å². The van der Waals surface area contributed by atoms with E-state index in [1.165, 1.54) is 5.56 Å². The van der Waals surface area contributed by atoms with Crippen LogP contribution < -0.4 is 11.1 Å². The lowest BCUT2D eigenvalue weighted by atomic mass is 9.99. The first-order valence-electron chi connectivity index (χ1n) is 8.11. The van der Waals surface area contributed by atoms with Crippen molar-refractivity contribution in [3.63, 3.8) is 0 Å². The van der Waals surface area contributed by atoms with Crippen LogP contribution in [-0.4, -0.2) is 29.9 Å². The second-order valence-corrected chi connectivity index (χ2v) is 6.17. The molecule has 5 nitrogen and oxygen atoms in total. The normalized spacial score (nSPS) is 16.8. The summed E-state index contributed by atoms with van der Waals surface area (Å²) in [5.41, 5.74) is 7.54. The van der Waals surface area contributed by atoms with E-state index in [0.29, 0.717) is 17.2 Å². The van der Waals surface area contributed by atoms with Gasteiger partial charge in [0.1, 0.15) is 0 Å². The highest BCUT2D eigenvalue weighted by atomic mass is 16.2. The molecule has 0 aromatic heterocycles. The number of carbonyl (C=O) groups is 2. The molecule has 1 heterocycles.